The Kier molecular flexibility index (Phi) is 6.18. The van der Waals surface area contributed by atoms with Gasteiger partial charge in [0.2, 0.25) is 5.91 Å². The SMILES string of the molecule is CCN(CC(=O)Nc1cccc(OC)c1)Cc1cccc(C)c1. The number of nitrogens with zero attached hydrogens (tertiary/aromatic N) is 1. The van der Waals surface area contributed by atoms with E-state index < -0.39 is 0 Å². The molecule has 0 saturated carbocycles. The third-order valence-electron chi connectivity index (χ3n) is 3.66. The number of anilines is 1. The Balaban J connectivity index is 1.93. The second kappa shape index (κ2) is 8.34. The third kappa shape index (κ3) is 5.42. The Labute approximate surface area is 138 Å². The van der Waals surface area contributed by atoms with E-state index in [2.05, 4.69) is 48.3 Å². The normalized spacial score (nSPS) is 10.6. The van der Waals surface area contributed by atoms with Crippen molar-refractivity contribution in [2.24, 2.45) is 0 Å². The number of likely N-dealkylation sites (N-methyl/N-ethyl adjacent to an activating group) is 1. The highest BCUT2D eigenvalue weighted by atomic mass is 16.5. The Morgan fingerprint density at radius 1 is 1.17 bits per heavy atom. The summed E-state index contributed by atoms with van der Waals surface area (Å²) in [7, 11) is 1.61. The lowest BCUT2D eigenvalue weighted by atomic mass is 10.1. The molecule has 23 heavy (non-hydrogen) atoms. The van der Waals surface area contributed by atoms with E-state index in [4.69, 9.17) is 4.74 Å². The molecule has 4 nitrogen and oxygen atoms in total. The van der Waals surface area contributed by atoms with Gasteiger partial charge < -0.3 is 10.1 Å². The molecule has 0 fully saturated rings. The summed E-state index contributed by atoms with van der Waals surface area (Å²) in [5, 5.41) is 2.92. The van der Waals surface area contributed by atoms with E-state index in [1.807, 2.05) is 24.3 Å². The zero-order valence-corrected chi connectivity index (χ0v) is 14.0. The van der Waals surface area contributed by atoms with E-state index >= 15 is 0 Å². The highest BCUT2D eigenvalue weighted by Crippen LogP contribution is 2.16. The smallest absolute Gasteiger partial charge is 0.238 e. The molecule has 0 radical (unpaired) electrons. The number of rotatable bonds is 7. The summed E-state index contributed by atoms with van der Waals surface area (Å²) in [6.07, 6.45) is 0. The van der Waals surface area contributed by atoms with Crippen molar-refractivity contribution in [3.63, 3.8) is 0 Å². The van der Waals surface area contributed by atoms with Gasteiger partial charge in [-0.25, -0.2) is 0 Å². The fourth-order valence-corrected chi connectivity index (χ4v) is 2.45. The molecule has 0 bridgehead atoms. The van der Waals surface area contributed by atoms with Crippen LogP contribution in [0.1, 0.15) is 18.1 Å². The van der Waals surface area contributed by atoms with Gasteiger partial charge in [-0.3, -0.25) is 9.69 Å². The molecule has 0 atom stereocenters. The molecule has 2 rings (SSSR count). The van der Waals surface area contributed by atoms with Crippen LogP contribution in [0, 0.1) is 6.92 Å². The molecule has 1 N–H and O–H groups in total. The number of benzene rings is 2. The van der Waals surface area contributed by atoms with Gasteiger partial charge in [0, 0.05) is 18.3 Å². The predicted octanol–water partition coefficient (Wildman–Crippen LogP) is 3.46. The summed E-state index contributed by atoms with van der Waals surface area (Å²) in [6, 6.07) is 15.8. The van der Waals surface area contributed by atoms with Crippen LogP contribution in [0.25, 0.3) is 0 Å². The van der Waals surface area contributed by atoms with Crippen molar-refractivity contribution in [1.82, 2.24) is 4.90 Å². The Morgan fingerprint density at radius 2 is 1.96 bits per heavy atom. The highest BCUT2D eigenvalue weighted by Gasteiger charge is 2.10. The molecule has 2 aromatic carbocycles. The maximum atomic E-state index is 12.2. The Hall–Kier alpha value is -2.33. The van der Waals surface area contributed by atoms with Gasteiger partial charge in [0.15, 0.2) is 0 Å². The van der Waals surface area contributed by atoms with E-state index in [0.717, 1.165) is 24.5 Å². The second-order valence-electron chi connectivity index (χ2n) is 5.57. The Bertz CT molecular complexity index is 655. The van der Waals surface area contributed by atoms with Crippen LogP contribution < -0.4 is 10.1 Å². The first-order valence-corrected chi connectivity index (χ1v) is 7.82. The number of hydrogen-bond donors (Lipinski definition) is 1. The van der Waals surface area contributed by atoms with Crippen LogP contribution in [0.15, 0.2) is 48.5 Å². The van der Waals surface area contributed by atoms with Crippen molar-refractivity contribution in [3.05, 3.63) is 59.7 Å². The first-order valence-electron chi connectivity index (χ1n) is 7.82. The van der Waals surface area contributed by atoms with Gasteiger partial charge in [-0.15, -0.1) is 0 Å². The molecule has 0 heterocycles. The standard InChI is InChI=1S/C19H24N2O2/c1-4-21(13-16-8-5-7-15(2)11-16)14-19(22)20-17-9-6-10-18(12-17)23-3/h5-12H,4,13-14H2,1-3H3,(H,20,22). The predicted molar refractivity (Wildman–Crippen MR) is 93.8 cm³/mol. The molecule has 0 aliphatic rings. The molecule has 122 valence electrons. The fourth-order valence-electron chi connectivity index (χ4n) is 2.45. The summed E-state index contributed by atoms with van der Waals surface area (Å²) in [5.74, 6) is 0.711. The molecule has 0 saturated heterocycles. The molecule has 2 aromatic rings. The monoisotopic (exact) mass is 312 g/mol. The van der Waals surface area contributed by atoms with E-state index in [-0.39, 0.29) is 5.91 Å². The maximum absolute atomic E-state index is 12.2. The van der Waals surface area contributed by atoms with Crippen molar-refractivity contribution in [1.29, 1.82) is 0 Å². The second-order valence-corrected chi connectivity index (χ2v) is 5.57. The number of methoxy groups -OCH3 is 1. The summed E-state index contributed by atoms with van der Waals surface area (Å²) in [6.45, 7) is 6.09. The maximum Gasteiger partial charge on any atom is 0.238 e. The number of amides is 1. The van der Waals surface area contributed by atoms with E-state index in [0.29, 0.717) is 6.54 Å². The summed E-state index contributed by atoms with van der Waals surface area (Å²) in [5.41, 5.74) is 3.21. The minimum Gasteiger partial charge on any atom is -0.497 e. The van der Waals surface area contributed by atoms with E-state index in [1.165, 1.54) is 11.1 Å². The first kappa shape index (κ1) is 17.0. The first-order chi connectivity index (χ1) is 11.1. The third-order valence-corrected chi connectivity index (χ3v) is 3.66. The van der Waals surface area contributed by atoms with Crippen LogP contribution in [-0.2, 0) is 11.3 Å². The van der Waals surface area contributed by atoms with E-state index in [9.17, 15) is 4.79 Å². The topological polar surface area (TPSA) is 41.6 Å². The highest BCUT2D eigenvalue weighted by molar-refractivity contribution is 5.92. The van der Waals surface area contributed by atoms with Crippen LogP contribution >= 0.6 is 0 Å². The van der Waals surface area contributed by atoms with Gasteiger partial charge >= 0.3 is 0 Å². The lowest BCUT2D eigenvalue weighted by molar-refractivity contribution is -0.117. The van der Waals surface area contributed by atoms with Gasteiger partial charge in [-0.1, -0.05) is 42.8 Å². The Morgan fingerprint density at radius 3 is 2.65 bits per heavy atom. The number of hydrogen-bond acceptors (Lipinski definition) is 3. The minimum atomic E-state index is -0.0206. The van der Waals surface area contributed by atoms with Gasteiger partial charge in [0.1, 0.15) is 5.75 Å². The molecule has 0 spiro atoms. The molecular weight excluding hydrogens is 288 g/mol. The minimum absolute atomic E-state index is 0.0206. The summed E-state index contributed by atoms with van der Waals surface area (Å²) < 4.78 is 5.17. The van der Waals surface area contributed by atoms with Crippen LogP contribution in [-0.4, -0.2) is 31.0 Å². The molecular formula is C19H24N2O2. The average Bonchev–Trinajstić information content (AvgIpc) is 2.54. The molecule has 1 amide bonds. The molecule has 0 aliphatic carbocycles. The lowest BCUT2D eigenvalue weighted by Gasteiger charge is -2.20. The summed E-state index contributed by atoms with van der Waals surface area (Å²) >= 11 is 0. The molecule has 4 heteroatoms. The van der Waals surface area contributed by atoms with Crippen LogP contribution in [0.5, 0.6) is 5.75 Å². The molecule has 0 unspecified atom stereocenters. The van der Waals surface area contributed by atoms with Gasteiger partial charge in [0.05, 0.1) is 13.7 Å². The number of nitrogens with one attached hydrogen (secondary N) is 1. The molecule has 0 aliphatic heterocycles. The van der Waals surface area contributed by atoms with Gasteiger partial charge in [0.25, 0.3) is 0 Å². The van der Waals surface area contributed by atoms with Crippen molar-refractivity contribution in [3.8, 4) is 5.75 Å². The van der Waals surface area contributed by atoms with E-state index in [1.54, 1.807) is 7.11 Å². The van der Waals surface area contributed by atoms with Crippen LogP contribution in [0.3, 0.4) is 0 Å². The summed E-state index contributed by atoms with van der Waals surface area (Å²) in [4.78, 5) is 14.4. The fraction of sp³-hybridized carbons (Fsp3) is 0.316. The number of ether oxygens (including phenoxy) is 1. The van der Waals surface area contributed by atoms with Crippen molar-refractivity contribution in [2.45, 2.75) is 20.4 Å². The number of carbonyl (C=O) groups excluding carboxylic acids is 1. The van der Waals surface area contributed by atoms with Crippen LogP contribution in [0.2, 0.25) is 0 Å². The zero-order valence-electron chi connectivity index (χ0n) is 14.0. The zero-order chi connectivity index (χ0) is 16.7. The van der Waals surface area contributed by atoms with Crippen molar-refractivity contribution in [2.75, 3.05) is 25.5 Å². The van der Waals surface area contributed by atoms with Gasteiger partial charge in [-0.05, 0) is 31.2 Å². The number of carbonyl (C=O) groups is 1. The number of aryl methyl sites for hydroxylation is 1. The van der Waals surface area contributed by atoms with Gasteiger partial charge in [-0.2, -0.15) is 0 Å². The largest absolute Gasteiger partial charge is 0.497 e. The lowest BCUT2D eigenvalue weighted by Crippen LogP contribution is -2.32. The van der Waals surface area contributed by atoms with Crippen molar-refractivity contribution < 1.29 is 9.53 Å². The average molecular weight is 312 g/mol. The molecule has 0 aromatic heterocycles. The quantitative estimate of drug-likeness (QED) is 0.851. The van der Waals surface area contributed by atoms with Crippen LogP contribution in [0.4, 0.5) is 5.69 Å². The van der Waals surface area contributed by atoms with Crippen molar-refractivity contribution >= 4 is 11.6 Å².